The molecule has 0 unspecified atom stereocenters. The minimum absolute atomic E-state index is 0.129. The summed E-state index contributed by atoms with van der Waals surface area (Å²) in [5, 5.41) is 2.20. The largest absolute Gasteiger partial charge is 0.469 e. The molecule has 2 aromatic rings. The fourth-order valence-corrected chi connectivity index (χ4v) is 3.81. The van der Waals surface area contributed by atoms with E-state index in [-0.39, 0.29) is 24.8 Å². The Hall–Kier alpha value is -2.18. The van der Waals surface area contributed by atoms with Gasteiger partial charge in [0.25, 0.3) is 5.91 Å². The molecule has 122 valence electrons. The Labute approximate surface area is 149 Å². The molecule has 1 aliphatic heterocycles. The Bertz CT molecular complexity index is 855. The number of hydrogen-bond acceptors (Lipinski definition) is 5. The van der Waals surface area contributed by atoms with Gasteiger partial charge in [-0.1, -0.05) is 66.4 Å². The van der Waals surface area contributed by atoms with Crippen molar-refractivity contribution < 1.29 is 14.3 Å². The van der Waals surface area contributed by atoms with E-state index < -0.39 is 0 Å². The highest BCUT2D eigenvalue weighted by molar-refractivity contribution is 8.26. The van der Waals surface area contributed by atoms with Crippen LogP contribution >= 0.6 is 24.0 Å². The zero-order valence-corrected chi connectivity index (χ0v) is 14.7. The molecule has 1 amide bonds. The van der Waals surface area contributed by atoms with E-state index in [1.807, 2.05) is 48.5 Å². The predicted octanol–water partition coefficient (Wildman–Crippen LogP) is 3.60. The van der Waals surface area contributed by atoms with Gasteiger partial charge in [0.2, 0.25) is 0 Å². The van der Waals surface area contributed by atoms with Crippen LogP contribution in [0.25, 0.3) is 16.8 Å². The van der Waals surface area contributed by atoms with Crippen LogP contribution in [0, 0.1) is 0 Å². The van der Waals surface area contributed by atoms with Crippen LogP contribution in [0.2, 0.25) is 0 Å². The molecule has 0 saturated carbocycles. The van der Waals surface area contributed by atoms with E-state index in [9.17, 15) is 9.59 Å². The second-order valence-electron chi connectivity index (χ2n) is 5.23. The van der Waals surface area contributed by atoms with Gasteiger partial charge in [-0.05, 0) is 22.4 Å². The Morgan fingerprint density at radius 3 is 2.79 bits per heavy atom. The SMILES string of the molecule is COC(=O)CCN1C(=O)/C(=C/c2cccc3ccccc23)SC1=S. The maximum atomic E-state index is 12.6. The van der Waals surface area contributed by atoms with E-state index in [2.05, 4.69) is 4.74 Å². The van der Waals surface area contributed by atoms with Crippen molar-refractivity contribution in [1.82, 2.24) is 4.90 Å². The minimum atomic E-state index is -0.359. The third-order valence-electron chi connectivity index (χ3n) is 3.75. The number of amides is 1. The molecule has 0 aliphatic carbocycles. The van der Waals surface area contributed by atoms with Crippen molar-refractivity contribution in [2.75, 3.05) is 13.7 Å². The highest BCUT2D eigenvalue weighted by Gasteiger charge is 2.32. The average Bonchev–Trinajstić information content (AvgIpc) is 2.86. The van der Waals surface area contributed by atoms with Crippen LogP contribution in [-0.2, 0) is 14.3 Å². The van der Waals surface area contributed by atoms with Crippen LogP contribution in [-0.4, -0.2) is 34.8 Å². The van der Waals surface area contributed by atoms with Gasteiger partial charge < -0.3 is 4.74 Å². The van der Waals surface area contributed by atoms with Crippen LogP contribution in [0.4, 0.5) is 0 Å². The fraction of sp³-hybridized carbons (Fsp3) is 0.167. The van der Waals surface area contributed by atoms with E-state index >= 15 is 0 Å². The first-order valence-corrected chi connectivity index (χ1v) is 8.62. The van der Waals surface area contributed by atoms with E-state index in [4.69, 9.17) is 12.2 Å². The number of benzene rings is 2. The van der Waals surface area contributed by atoms with Crippen LogP contribution < -0.4 is 0 Å². The lowest BCUT2D eigenvalue weighted by Crippen LogP contribution is -2.30. The number of hydrogen-bond donors (Lipinski definition) is 0. The van der Waals surface area contributed by atoms with Crippen molar-refractivity contribution in [3.63, 3.8) is 0 Å². The summed E-state index contributed by atoms with van der Waals surface area (Å²) in [7, 11) is 1.33. The summed E-state index contributed by atoms with van der Waals surface area (Å²) >= 11 is 6.53. The molecule has 1 heterocycles. The summed E-state index contributed by atoms with van der Waals surface area (Å²) in [5.41, 5.74) is 0.974. The number of ether oxygens (including phenoxy) is 1. The molecule has 24 heavy (non-hydrogen) atoms. The first kappa shape index (κ1) is 16.7. The number of carbonyl (C=O) groups excluding carboxylic acids is 2. The predicted molar refractivity (Wildman–Crippen MR) is 100 cm³/mol. The monoisotopic (exact) mass is 357 g/mol. The van der Waals surface area contributed by atoms with Crippen molar-refractivity contribution in [3.05, 3.63) is 52.9 Å². The summed E-state index contributed by atoms with van der Waals surface area (Å²) in [6, 6.07) is 14.0. The van der Waals surface area contributed by atoms with Crippen LogP contribution in [0.15, 0.2) is 47.4 Å². The average molecular weight is 357 g/mol. The first-order valence-electron chi connectivity index (χ1n) is 7.40. The number of esters is 1. The zero-order valence-electron chi connectivity index (χ0n) is 13.0. The Balaban J connectivity index is 1.87. The molecule has 1 fully saturated rings. The number of methoxy groups -OCH3 is 1. The highest BCUT2D eigenvalue weighted by atomic mass is 32.2. The molecule has 0 N–H and O–H groups in total. The number of thiocarbonyl (C=S) groups is 1. The third-order valence-corrected chi connectivity index (χ3v) is 5.13. The molecule has 0 atom stereocenters. The lowest BCUT2D eigenvalue weighted by Gasteiger charge is -2.13. The fourth-order valence-electron chi connectivity index (χ4n) is 2.52. The van der Waals surface area contributed by atoms with Gasteiger partial charge in [-0.3, -0.25) is 14.5 Å². The Kier molecular flexibility index (Phi) is 4.97. The highest BCUT2D eigenvalue weighted by Crippen LogP contribution is 2.33. The number of carbonyl (C=O) groups is 2. The molecule has 3 rings (SSSR count). The van der Waals surface area contributed by atoms with Gasteiger partial charge in [0, 0.05) is 6.54 Å². The third kappa shape index (κ3) is 3.34. The Morgan fingerprint density at radius 2 is 2.00 bits per heavy atom. The summed E-state index contributed by atoms with van der Waals surface area (Å²) in [6.45, 7) is 0.240. The van der Waals surface area contributed by atoms with Crippen molar-refractivity contribution in [2.24, 2.45) is 0 Å². The molecule has 0 spiro atoms. The van der Waals surface area contributed by atoms with E-state index in [0.29, 0.717) is 9.23 Å². The van der Waals surface area contributed by atoms with Gasteiger partial charge in [-0.15, -0.1) is 0 Å². The normalized spacial score (nSPS) is 16.2. The molecule has 0 aromatic heterocycles. The molecular formula is C18H15NO3S2. The summed E-state index contributed by atoms with van der Waals surface area (Å²) in [4.78, 5) is 25.9. The molecule has 2 aromatic carbocycles. The number of thioether (sulfide) groups is 1. The number of nitrogens with zero attached hydrogens (tertiary/aromatic N) is 1. The molecular weight excluding hydrogens is 342 g/mol. The van der Waals surface area contributed by atoms with Crippen LogP contribution in [0.1, 0.15) is 12.0 Å². The minimum Gasteiger partial charge on any atom is -0.469 e. The van der Waals surface area contributed by atoms with Gasteiger partial charge in [-0.2, -0.15) is 0 Å². The van der Waals surface area contributed by atoms with Gasteiger partial charge in [0.1, 0.15) is 4.32 Å². The molecule has 0 radical (unpaired) electrons. The maximum absolute atomic E-state index is 12.6. The van der Waals surface area contributed by atoms with Gasteiger partial charge >= 0.3 is 5.97 Å². The second-order valence-corrected chi connectivity index (χ2v) is 6.90. The smallest absolute Gasteiger partial charge is 0.307 e. The topological polar surface area (TPSA) is 46.6 Å². The molecule has 1 saturated heterocycles. The number of rotatable bonds is 4. The molecule has 1 aliphatic rings. The van der Waals surface area contributed by atoms with Gasteiger partial charge in [-0.25, -0.2) is 0 Å². The van der Waals surface area contributed by atoms with Crippen molar-refractivity contribution in [3.8, 4) is 0 Å². The maximum Gasteiger partial charge on any atom is 0.307 e. The quantitative estimate of drug-likeness (QED) is 0.475. The lowest BCUT2D eigenvalue weighted by molar-refractivity contribution is -0.140. The number of fused-ring (bicyclic) bond motifs is 1. The second kappa shape index (κ2) is 7.15. The standard InChI is InChI=1S/C18H15NO3S2/c1-22-16(20)9-10-19-17(21)15(24-18(19)23)11-13-7-4-6-12-5-2-3-8-14(12)13/h2-8,11H,9-10H2,1H3/b15-11-. The van der Waals surface area contributed by atoms with E-state index in [0.717, 1.165) is 16.3 Å². The Morgan fingerprint density at radius 1 is 1.25 bits per heavy atom. The van der Waals surface area contributed by atoms with Gasteiger partial charge in [0.05, 0.1) is 18.4 Å². The zero-order chi connectivity index (χ0) is 17.1. The van der Waals surface area contributed by atoms with Gasteiger partial charge in [0.15, 0.2) is 0 Å². The van der Waals surface area contributed by atoms with E-state index in [1.54, 1.807) is 0 Å². The van der Waals surface area contributed by atoms with Crippen molar-refractivity contribution in [2.45, 2.75) is 6.42 Å². The lowest BCUT2D eigenvalue weighted by atomic mass is 10.0. The van der Waals surface area contributed by atoms with E-state index in [1.165, 1.54) is 23.8 Å². The van der Waals surface area contributed by atoms with Crippen molar-refractivity contribution >= 4 is 57.0 Å². The molecule has 6 heteroatoms. The summed E-state index contributed by atoms with van der Waals surface area (Å²) < 4.78 is 5.08. The summed E-state index contributed by atoms with van der Waals surface area (Å²) in [6.07, 6.45) is 1.99. The first-order chi connectivity index (χ1) is 11.6. The van der Waals surface area contributed by atoms with Crippen molar-refractivity contribution in [1.29, 1.82) is 0 Å². The molecule has 4 nitrogen and oxygen atoms in total. The van der Waals surface area contributed by atoms with Crippen LogP contribution in [0.3, 0.4) is 0 Å². The van der Waals surface area contributed by atoms with Crippen LogP contribution in [0.5, 0.6) is 0 Å². The molecule has 0 bridgehead atoms. The summed E-state index contributed by atoms with van der Waals surface area (Å²) in [5.74, 6) is -0.524.